The van der Waals surface area contributed by atoms with Gasteiger partial charge in [0.15, 0.2) is 6.61 Å². The number of pyridine rings is 1. The van der Waals surface area contributed by atoms with Crippen LogP contribution < -0.4 is 5.32 Å². The van der Waals surface area contributed by atoms with E-state index in [9.17, 15) is 9.59 Å². The Morgan fingerprint density at radius 1 is 1.00 bits per heavy atom. The van der Waals surface area contributed by atoms with E-state index in [4.69, 9.17) is 9.26 Å². The number of hydrogen-bond acceptors (Lipinski definition) is 9. The molecule has 10 heteroatoms. The topological polar surface area (TPSA) is 107 Å². The van der Waals surface area contributed by atoms with Gasteiger partial charge in [0.1, 0.15) is 10.6 Å². The molecule has 0 saturated carbocycles. The van der Waals surface area contributed by atoms with Crippen LogP contribution in [0.25, 0.3) is 22.5 Å². The SMILES string of the molecule is O=C(Nc1scc(-c2ccccc2)c1C(=O)OCc1nc(-c2cccnc2)no1)c1cccs1. The highest BCUT2D eigenvalue weighted by Crippen LogP contribution is 2.36. The number of ether oxygens (including phenoxy) is 1. The second-order valence-electron chi connectivity index (χ2n) is 6.98. The summed E-state index contributed by atoms with van der Waals surface area (Å²) in [6.07, 6.45) is 3.26. The number of benzene rings is 1. The number of esters is 1. The second kappa shape index (κ2) is 9.77. The quantitative estimate of drug-likeness (QED) is 0.300. The average molecular weight is 489 g/mol. The van der Waals surface area contributed by atoms with Crippen LogP contribution in [-0.2, 0) is 11.3 Å². The van der Waals surface area contributed by atoms with Gasteiger partial charge in [-0.3, -0.25) is 9.78 Å². The highest BCUT2D eigenvalue weighted by atomic mass is 32.1. The van der Waals surface area contributed by atoms with Gasteiger partial charge in [0, 0.05) is 28.9 Å². The number of aromatic nitrogens is 3. The van der Waals surface area contributed by atoms with E-state index in [0.29, 0.717) is 26.8 Å². The predicted octanol–water partition coefficient (Wildman–Crippen LogP) is 5.53. The molecule has 1 aromatic carbocycles. The van der Waals surface area contributed by atoms with E-state index in [0.717, 1.165) is 5.56 Å². The number of amides is 1. The Morgan fingerprint density at radius 3 is 2.62 bits per heavy atom. The first-order valence-electron chi connectivity index (χ1n) is 10.1. The van der Waals surface area contributed by atoms with Gasteiger partial charge in [0.25, 0.3) is 11.8 Å². The summed E-state index contributed by atoms with van der Waals surface area (Å²) in [5.74, 6) is -0.400. The van der Waals surface area contributed by atoms with Crippen LogP contribution in [0.2, 0.25) is 0 Å². The lowest BCUT2D eigenvalue weighted by Crippen LogP contribution is -2.14. The standard InChI is InChI=1S/C24H16N4O4S2/c29-22(18-9-5-11-33-18)27-23-20(17(14-34-23)15-6-2-1-3-7-15)24(30)31-13-19-26-21(28-32-19)16-8-4-10-25-12-16/h1-12,14H,13H2,(H,27,29). The molecule has 1 amide bonds. The van der Waals surface area contributed by atoms with Crippen LogP contribution >= 0.6 is 22.7 Å². The van der Waals surface area contributed by atoms with E-state index < -0.39 is 5.97 Å². The minimum absolute atomic E-state index is 0.146. The molecule has 0 bridgehead atoms. The first-order chi connectivity index (χ1) is 16.7. The Bertz CT molecular complexity index is 1410. The molecular formula is C24H16N4O4S2. The molecule has 0 aliphatic rings. The molecule has 0 radical (unpaired) electrons. The van der Waals surface area contributed by atoms with E-state index in [1.807, 2.05) is 41.1 Å². The molecule has 5 rings (SSSR count). The number of thiophene rings is 2. The smallest absolute Gasteiger partial charge is 0.342 e. The fourth-order valence-electron chi connectivity index (χ4n) is 3.18. The van der Waals surface area contributed by atoms with Crippen molar-refractivity contribution in [2.24, 2.45) is 0 Å². The van der Waals surface area contributed by atoms with Gasteiger partial charge in [-0.05, 0) is 29.1 Å². The third-order valence-corrected chi connectivity index (χ3v) is 6.53. The fourth-order valence-corrected chi connectivity index (χ4v) is 4.75. The molecule has 0 saturated heterocycles. The maximum absolute atomic E-state index is 13.2. The van der Waals surface area contributed by atoms with Crippen LogP contribution in [0, 0.1) is 0 Å². The van der Waals surface area contributed by atoms with E-state index in [1.165, 1.54) is 22.7 Å². The monoisotopic (exact) mass is 488 g/mol. The minimum atomic E-state index is -0.609. The molecule has 0 aliphatic carbocycles. The van der Waals surface area contributed by atoms with Gasteiger partial charge in [0.2, 0.25) is 5.82 Å². The second-order valence-corrected chi connectivity index (χ2v) is 8.81. The van der Waals surface area contributed by atoms with Crippen LogP contribution in [0.3, 0.4) is 0 Å². The van der Waals surface area contributed by atoms with Crippen molar-refractivity contribution in [3.05, 3.63) is 94.1 Å². The van der Waals surface area contributed by atoms with Crippen molar-refractivity contribution in [1.29, 1.82) is 0 Å². The number of carbonyl (C=O) groups is 2. The van der Waals surface area contributed by atoms with Crippen LogP contribution in [0.4, 0.5) is 5.00 Å². The number of carbonyl (C=O) groups excluding carboxylic acids is 2. The van der Waals surface area contributed by atoms with Crippen LogP contribution in [-0.4, -0.2) is 27.0 Å². The zero-order chi connectivity index (χ0) is 23.3. The van der Waals surface area contributed by atoms with Gasteiger partial charge < -0.3 is 14.6 Å². The molecule has 4 heterocycles. The summed E-state index contributed by atoms with van der Waals surface area (Å²) in [6.45, 7) is -0.214. The largest absolute Gasteiger partial charge is 0.452 e. The van der Waals surface area contributed by atoms with E-state index in [-0.39, 0.29) is 24.0 Å². The van der Waals surface area contributed by atoms with Crippen molar-refractivity contribution >= 4 is 39.6 Å². The van der Waals surface area contributed by atoms with E-state index >= 15 is 0 Å². The first-order valence-corrected chi connectivity index (χ1v) is 11.9. The lowest BCUT2D eigenvalue weighted by Gasteiger charge is -2.08. The summed E-state index contributed by atoms with van der Waals surface area (Å²) < 4.78 is 10.7. The van der Waals surface area contributed by atoms with Crippen molar-refractivity contribution in [3.63, 3.8) is 0 Å². The number of hydrogen-bond donors (Lipinski definition) is 1. The van der Waals surface area contributed by atoms with Gasteiger partial charge in [-0.25, -0.2) is 4.79 Å². The van der Waals surface area contributed by atoms with Crippen molar-refractivity contribution < 1.29 is 18.8 Å². The van der Waals surface area contributed by atoms with Gasteiger partial charge in [-0.15, -0.1) is 22.7 Å². The van der Waals surface area contributed by atoms with E-state index in [2.05, 4.69) is 20.4 Å². The zero-order valence-electron chi connectivity index (χ0n) is 17.5. The molecule has 0 fully saturated rings. The third-order valence-electron chi connectivity index (χ3n) is 4.77. The summed E-state index contributed by atoms with van der Waals surface area (Å²) in [5, 5.41) is 10.8. The maximum Gasteiger partial charge on any atom is 0.342 e. The van der Waals surface area contributed by atoms with Crippen molar-refractivity contribution in [1.82, 2.24) is 15.1 Å². The van der Waals surface area contributed by atoms with Crippen molar-refractivity contribution in [2.45, 2.75) is 6.61 Å². The van der Waals surface area contributed by atoms with Crippen LogP contribution in [0.15, 0.2) is 82.3 Å². The summed E-state index contributed by atoms with van der Waals surface area (Å²) in [5.41, 5.74) is 2.46. The summed E-state index contributed by atoms with van der Waals surface area (Å²) >= 11 is 2.58. The minimum Gasteiger partial charge on any atom is -0.452 e. The van der Waals surface area contributed by atoms with E-state index in [1.54, 1.807) is 36.7 Å². The third kappa shape index (κ3) is 4.63. The van der Waals surface area contributed by atoms with Crippen LogP contribution in [0.1, 0.15) is 25.9 Å². The summed E-state index contributed by atoms with van der Waals surface area (Å²) in [4.78, 5) is 34.6. The highest BCUT2D eigenvalue weighted by molar-refractivity contribution is 7.15. The fraction of sp³-hybridized carbons (Fsp3) is 0.0417. The molecule has 0 unspecified atom stereocenters. The molecule has 168 valence electrons. The molecule has 0 atom stereocenters. The number of rotatable bonds is 7. The van der Waals surface area contributed by atoms with Crippen molar-refractivity contribution in [3.8, 4) is 22.5 Å². The number of nitrogens with zero attached hydrogens (tertiary/aromatic N) is 3. The van der Waals surface area contributed by atoms with Crippen LogP contribution in [0.5, 0.6) is 0 Å². The Hall–Kier alpha value is -4.15. The lowest BCUT2D eigenvalue weighted by atomic mass is 10.0. The molecule has 5 aromatic rings. The number of anilines is 1. The predicted molar refractivity (Wildman–Crippen MR) is 129 cm³/mol. The maximum atomic E-state index is 13.2. The lowest BCUT2D eigenvalue weighted by molar-refractivity contribution is 0.0432. The van der Waals surface area contributed by atoms with Gasteiger partial charge in [-0.1, -0.05) is 41.6 Å². The Kier molecular flexibility index (Phi) is 6.23. The molecule has 34 heavy (non-hydrogen) atoms. The summed E-state index contributed by atoms with van der Waals surface area (Å²) in [6, 6.07) is 16.5. The number of nitrogens with one attached hydrogen (secondary N) is 1. The zero-order valence-corrected chi connectivity index (χ0v) is 19.1. The molecule has 4 aromatic heterocycles. The van der Waals surface area contributed by atoms with Crippen molar-refractivity contribution in [2.75, 3.05) is 5.32 Å². The van der Waals surface area contributed by atoms with Gasteiger partial charge in [-0.2, -0.15) is 4.98 Å². The first kappa shape index (κ1) is 21.7. The Morgan fingerprint density at radius 2 is 1.85 bits per heavy atom. The normalized spacial score (nSPS) is 10.7. The van der Waals surface area contributed by atoms with Gasteiger partial charge in [0.05, 0.1) is 4.88 Å². The molecule has 8 nitrogen and oxygen atoms in total. The average Bonchev–Trinajstić information content (AvgIpc) is 3.65. The molecule has 1 N–H and O–H groups in total. The highest BCUT2D eigenvalue weighted by Gasteiger charge is 2.24. The summed E-state index contributed by atoms with van der Waals surface area (Å²) in [7, 11) is 0. The molecular weight excluding hydrogens is 472 g/mol. The van der Waals surface area contributed by atoms with Gasteiger partial charge >= 0.3 is 5.97 Å². The Labute approximate surface area is 201 Å². The molecule has 0 spiro atoms. The molecule has 0 aliphatic heterocycles. The Balaban J connectivity index is 1.38.